The van der Waals surface area contributed by atoms with Crippen LogP contribution in [0.3, 0.4) is 0 Å². The molecule has 1 atom stereocenters. The fraction of sp³-hybridized carbons (Fsp3) is 0.231. The topological polar surface area (TPSA) is 26.2 Å². The average Bonchev–Trinajstić information content (AvgIpc) is 2.81. The Hall–Kier alpha value is -1.97. The summed E-state index contributed by atoms with van der Waals surface area (Å²) in [5.74, 6) is 0.286. The first-order valence-electron chi connectivity index (χ1n) is 5.44. The molecule has 0 saturated carbocycles. The van der Waals surface area contributed by atoms with Crippen molar-refractivity contribution in [2.75, 3.05) is 12.5 Å². The molecule has 0 aliphatic rings. The number of ether oxygens (including phenoxy) is 1. The summed E-state index contributed by atoms with van der Waals surface area (Å²) in [4.78, 5) is 0. The lowest BCUT2D eigenvalue weighted by molar-refractivity contribution is 0.400. The van der Waals surface area contributed by atoms with Crippen molar-refractivity contribution in [2.45, 2.75) is 13.0 Å². The zero-order valence-corrected chi connectivity index (χ0v) is 9.85. The molecule has 1 unspecified atom stereocenters. The van der Waals surface area contributed by atoms with E-state index in [4.69, 9.17) is 4.74 Å². The zero-order valence-electron chi connectivity index (χ0n) is 9.85. The van der Waals surface area contributed by atoms with E-state index in [1.807, 2.05) is 31.5 Å². The number of nitrogens with one attached hydrogen (secondary N) is 1. The molecule has 0 spiro atoms. The molecule has 1 N–H and O–H groups in total. The summed E-state index contributed by atoms with van der Waals surface area (Å²) in [6, 6.07) is 8.45. The largest absolute Gasteiger partial charge is 0.496 e. The van der Waals surface area contributed by atoms with Gasteiger partial charge >= 0.3 is 0 Å². The lowest BCUT2D eigenvalue weighted by Crippen LogP contribution is -2.18. The van der Waals surface area contributed by atoms with Crippen LogP contribution in [0.2, 0.25) is 0 Å². The normalized spacial score (nSPS) is 12.2. The molecule has 1 aromatic heterocycles. The van der Waals surface area contributed by atoms with Crippen LogP contribution in [0.15, 0.2) is 42.7 Å². The lowest BCUT2D eigenvalue weighted by Gasteiger charge is -2.19. The van der Waals surface area contributed by atoms with Crippen molar-refractivity contribution in [3.63, 3.8) is 0 Å². The third-order valence-corrected chi connectivity index (χ3v) is 2.61. The quantitative estimate of drug-likeness (QED) is 0.880. The Labute approximate surface area is 99.8 Å². The summed E-state index contributed by atoms with van der Waals surface area (Å²) in [6.45, 7) is 1.89. The van der Waals surface area contributed by atoms with E-state index in [1.165, 1.54) is 6.07 Å². The van der Waals surface area contributed by atoms with Crippen LogP contribution in [-0.4, -0.2) is 11.8 Å². The molecule has 17 heavy (non-hydrogen) atoms. The van der Waals surface area contributed by atoms with Gasteiger partial charge in [0.15, 0.2) is 0 Å². The Morgan fingerprint density at radius 3 is 2.59 bits per heavy atom. The molecule has 0 aliphatic carbocycles. The first kappa shape index (κ1) is 11.5. The Bertz CT molecular complexity index is 482. The molecular formula is C13H15FN2O. The van der Waals surface area contributed by atoms with E-state index in [1.54, 1.807) is 23.9 Å². The second-order valence-corrected chi connectivity index (χ2v) is 3.80. The van der Waals surface area contributed by atoms with Crippen molar-refractivity contribution in [1.29, 1.82) is 0 Å². The van der Waals surface area contributed by atoms with Crippen molar-refractivity contribution in [2.24, 2.45) is 0 Å². The molecule has 0 amide bonds. The van der Waals surface area contributed by atoms with Crippen molar-refractivity contribution in [1.82, 2.24) is 4.68 Å². The van der Waals surface area contributed by atoms with E-state index < -0.39 is 0 Å². The van der Waals surface area contributed by atoms with Crippen LogP contribution in [-0.2, 0) is 0 Å². The number of nitrogens with zero attached hydrogens (tertiary/aromatic N) is 1. The Kier molecular flexibility index (Phi) is 3.32. The third-order valence-electron chi connectivity index (χ3n) is 2.61. The van der Waals surface area contributed by atoms with Crippen LogP contribution in [0, 0.1) is 5.82 Å². The highest BCUT2D eigenvalue weighted by Crippen LogP contribution is 2.28. The molecule has 3 nitrogen and oxygen atoms in total. The minimum Gasteiger partial charge on any atom is -0.496 e. The van der Waals surface area contributed by atoms with Crippen molar-refractivity contribution >= 4 is 0 Å². The van der Waals surface area contributed by atoms with E-state index in [0.717, 1.165) is 0 Å². The number of halogens is 1. The molecule has 0 saturated heterocycles. The van der Waals surface area contributed by atoms with Gasteiger partial charge in [0.05, 0.1) is 18.7 Å². The van der Waals surface area contributed by atoms with Gasteiger partial charge in [-0.1, -0.05) is 6.07 Å². The molecule has 0 radical (unpaired) electrons. The van der Waals surface area contributed by atoms with Crippen molar-refractivity contribution < 1.29 is 9.13 Å². The zero-order chi connectivity index (χ0) is 12.3. The minimum absolute atomic E-state index is 0.182. The van der Waals surface area contributed by atoms with Gasteiger partial charge in [-0.3, -0.25) is 4.68 Å². The Morgan fingerprint density at radius 2 is 1.94 bits per heavy atom. The SMILES string of the molecule is COc1cccc(F)c1C(C)Nn1cccc1. The average molecular weight is 234 g/mol. The minimum atomic E-state index is -0.267. The maximum Gasteiger partial charge on any atom is 0.132 e. The standard InChI is InChI=1S/C13H15FN2O/c1-10(15-16-8-3-4-9-16)13-11(14)6-5-7-12(13)17-2/h3-10,15H,1-2H3. The first-order valence-corrected chi connectivity index (χ1v) is 5.44. The van der Waals surface area contributed by atoms with Crippen LogP contribution in [0.5, 0.6) is 5.75 Å². The van der Waals surface area contributed by atoms with Crippen molar-refractivity contribution in [3.05, 3.63) is 54.1 Å². The number of methoxy groups -OCH3 is 1. The smallest absolute Gasteiger partial charge is 0.132 e. The highest BCUT2D eigenvalue weighted by molar-refractivity contribution is 5.38. The van der Waals surface area contributed by atoms with E-state index in [-0.39, 0.29) is 11.9 Å². The number of aromatic nitrogens is 1. The van der Waals surface area contributed by atoms with Gasteiger partial charge in [0.1, 0.15) is 11.6 Å². The maximum absolute atomic E-state index is 13.8. The summed E-state index contributed by atoms with van der Waals surface area (Å²) < 4.78 is 20.8. The predicted octanol–water partition coefficient (Wildman–Crippen LogP) is 2.94. The van der Waals surface area contributed by atoms with Gasteiger partial charge in [-0.05, 0) is 31.2 Å². The van der Waals surface area contributed by atoms with Crippen molar-refractivity contribution in [3.8, 4) is 5.75 Å². The van der Waals surface area contributed by atoms with Gasteiger partial charge in [-0.25, -0.2) is 4.39 Å². The molecule has 2 rings (SSSR count). The number of hydrogen-bond donors (Lipinski definition) is 1. The van der Waals surface area contributed by atoms with Crippen LogP contribution in [0.25, 0.3) is 0 Å². The second kappa shape index (κ2) is 4.91. The number of rotatable bonds is 4. The lowest BCUT2D eigenvalue weighted by atomic mass is 10.1. The Morgan fingerprint density at radius 1 is 1.24 bits per heavy atom. The van der Waals surface area contributed by atoms with Crippen LogP contribution in [0.1, 0.15) is 18.5 Å². The van der Waals surface area contributed by atoms with E-state index >= 15 is 0 Å². The number of benzene rings is 1. The highest BCUT2D eigenvalue weighted by atomic mass is 19.1. The fourth-order valence-corrected chi connectivity index (χ4v) is 1.82. The van der Waals surface area contributed by atoms with Crippen LogP contribution < -0.4 is 10.2 Å². The third kappa shape index (κ3) is 2.41. The van der Waals surface area contributed by atoms with E-state index in [9.17, 15) is 4.39 Å². The maximum atomic E-state index is 13.8. The van der Waals surface area contributed by atoms with E-state index in [2.05, 4.69) is 5.43 Å². The molecule has 1 aromatic carbocycles. The van der Waals surface area contributed by atoms with E-state index in [0.29, 0.717) is 11.3 Å². The summed E-state index contributed by atoms with van der Waals surface area (Å²) >= 11 is 0. The molecule has 0 aliphatic heterocycles. The van der Waals surface area contributed by atoms with Gasteiger partial charge in [0.25, 0.3) is 0 Å². The molecule has 0 bridgehead atoms. The first-order chi connectivity index (χ1) is 8.22. The molecule has 0 fully saturated rings. The Balaban J connectivity index is 2.26. The molecule has 90 valence electrons. The summed E-state index contributed by atoms with van der Waals surface area (Å²) in [5, 5.41) is 0. The van der Waals surface area contributed by atoms with Gasteiger partial charge < -0.3 is 10.2 Å². The number of hydrogen-bond acceptors (Lipinski definition) is 2. The van der Waals surface area contributed by atoms with Gasteiger partial charge in [0.2, 0.25) is 0 Å². The molecule has 1 heterocycles. The van der Waals surface area contributed by atoms with Crippen LogP contribution >= 0.6 is 0 Å². The fourth-order valence-electron chi connectivity index (χ4n) is 1.82. The summed E-state index contributed by atoms with van der Waals surface area (Å²) in [5.41, 5.74) is 3.68. The monoisotopic (exact) mass is 234 g/mol. The summed E-state index contributed by atoms with van der Waals surface area (Å²) in [6.07, 6.45) is 3.73. The van der Waals surface area contributed by atoms with Gasteiger partial charge in [-0.2, -0.15) is 0 Å². The summed E-state index contributed by atoms with van der Waals surface area (Å²) in [7, 11) is 1.54. The highest BCUT2D eigenvalue weighted by Gasteiger charge is 2.15. The predicted molar refractivity (Wildman–Crippen MR) is 65.2 cm³/mol. The second-order valence-electron chi connectivity index (χ2n) is 3.80. The molecule has 4 heteroatoms. The molecular weight excluding hydrogens is 219 g/mol. The van der Waals surface area contributed by atoms with Gasteiger partial charge in [-0.15, -0.1) is 0 Å². The van der Waals surface area contributed by atoms with Gasteiger partial charge in [0, 0.05) is 12.4 Å². The van der Waals surface area contributed by atoms with Crippen LogP contribution in [0.4, 0.5) is 4.39 Å². The molecule has 2 aromatic rings.